The van der Waals surface area contributed by atoms with Crippen molar-refractivity contribution in [2.45, 2.75) is 39.0 Å². The number of rotatable bonds is 7. The predicted octanol–water partition coefficient (Wildman–Crippen LogP) is 4.00. The number of para-hydroxylation sites is 1. The number of fused-ring (bicyclic) bond motifs is 1. The molecule has 0 aliphatic carbocycles. The molecule has 0 bridgehead atoms. The van der Waals surface area contributed by atoms with Gasteiger partial charge in [-0.2, -0.15) is 4.31 Å². The number of benzene rings is 2. The van der Waals surface area contributed by atoms with Gasteiger partial charge < -0.3 is 10.3 Å². The van der Waals surface area contributed by atoms with Crippen molar-refractivity contribution in [3.8, 4) is 0 Å². The smallest absolute Gasteiger partial charge is 0.243 e. The molecule has 0 fully saturated rings. The summed E-state index contributed by atoms with van der Waals surface area (Å²) >= 11 is 0. The SMILES string of the molecule is CCN(CC)S(=O)(=O)c1cc(C)c(C)c(NC(=O)Cc2c[nH]c3ccccc23)c1. The number of sulfonamides is 1. The second-order valence-electron chi connectivity index (χ2n) is 7.09. The Morgan fingerprint density at radius 2 is 1.79 bits per heavy atom. The molecule has 29 heavy (non-hydrogen) atoms. The average Bonchev–Trinajstić information content (AvgIpc) is 3.09. The molecule has 0 saturated carbocycles. The van der Waals surface area contributed by atoms with Gasteiger partial charge in [0.05, 0.1) is 11.3 Å². The number of nitrogens with zero attached hydrogens (tertiary/aromatic N) is 1. The van der Waals surface area contributed by atoms with Gasteiger partial charge in [0.1, 0.15) is 0 Å². The fourth-order valence-electron chi connectivity index (χ4n) is 3.46. The Labute approximate surface area is 172 Å². The normalized spacial score (nSPS) is 11.9. The van der Waals surface area contributed by atoms with Crippen LogP contribution in [0.25, 0.3) is 10.9 Å². The van der Waals surface area contributed by atoms with Crippen molar-refractivity contribution in [2.75, 3.05) is 18.4 Å². The zero-order chi connectivity index (χ0) is 21.2. The summed E-state index contributed by atoms with van der Waals surface area (Å²) in [6.07, 6.45) is 2.04. The van der Waals surface area contributed by atoms with Gasteiger partial charge in [-0.15, -0.1) is 0 Å². The first-order chi connectivity index (χ1) is 13.8. The summed E-state index contributed by atoms with van der Waals surface area (Å²) < 4.78 is 27.2. The lowest BCUT2D eigenvalue weighted by molar-refractivity contribution is -0.115. The van der Waals surface area contributed by atoms with Gasteiger partial charge in [0, 0.05) is 35.9 Å². The van der Waals surface area contributed by atoms with Crippen molar-refractivity contribution in [1.82, 2.24) is 9.29 Å². The van der Waals surface area contributed by atoms with E-state index in [0.29, 0.717) is 18.8 Å². The number of carbonyl (C=O) groups excluding carboxylic acids is 1. The minimum Gasteiger partial charge on any atom is -0.361 e. The number of amides is 1. The van der Waals surface area contributed by atoms with Gasteiger partial charge in [-0.05, 0) is 48.7 Å². The summed E-state index contributed by atoms with van der Waals surface area (Å²) in [5.74, 6) is -0.186. The van der Waals surface area contributed by atoms with Crippen LogP contribution in [0.3, 0.4) is 0 Å². The van der Waals surface area contributed by atoms with Crippen LogP contribution in [0, 0.1) is 13.8 Å². The van der Waals surface area contributed by atoms with E-state index in [0.717, 1.165) is 27.6 Å². The molecule has 7 heteroatoms. The number of aromatic amines is 1. The topological polar surface area (TPSA) is 82.3 Å². The van der Waals surface area contributed by atoms with E-state index in [2.05, 4.69) is 10.3 Å². The van der Waals surface area contributed by atoms with Crippen LogP contribution >= 0.6 is 0 Å². The molecular formula is C22H27N3O3S. The number of hydrogen-bond acceptors (Lipinski definition) is 3. The lowest BCUT2D eigenvalue weighted by Gasteiger charge is -2.20. The number of carbonyl (C=O) groups is 1. The molecule has 3 aromatic rings. The van der Waals surface area contributed by atoms with E-state index in [-0.39, 0.29) is 17.2 Å². The molecule has 6 nitrogen and oxygen atoms in total. The number of H-pyrrole nitrogens is 1. The molecule has 0 aliphatic heterocycles. The van der Waals surface area contributed by atoms with Gasteiger partial charge in [0.15, 0.2) is 0 Å². The quantitative estimate of drug-likeness (QED) is 0.614. The van der Waals surface area contributed by atoms with Gasteiger partial charge >= 0.3 is 0 Å². The van der Waals surface area contributed by atoms with Crippen LogP contribution in [0.4, 0.5) is 5.69 Å². The van der Waals surface area contributed by atoms with Gasteiger partial charge in [-0.25, -0.2) is 8.42 Å². The molecule has 0 spiro atoms. The third-order valence-electron chi connectivity index (χ3n) is 5.28. The Kier molecular flexibility index (Phi) is 6.10. The number of aromatic nitrogens is 1. The number of nitrogens with one attached hydrogen (secondary N) is 2. The number of anilines is 1. The van der Waals surface area contributed by atoms with Crippen molar-refractivity contribution in [1.29, 1.82) is 0 Å². The summed E-state index contributed by atoms with van der Waals surface area (Å²) in [6, 6.07) is 11.0. The molecule has 2 aromatic carbocycles. The summed E-state index contributed by atoms with van der Waals surface area (Å²) in [4.78, 5) is 16.1. The van der Waals surface area contributed by atoms with Gasteiger partial charge in [-0.3, -0.25) is 4.79 Å². The zero-order valence-corrected chi connectivity index (χ0v) is 18.1. The number of aryl methyl sites for hydroxylation is 1. The first kappa shape index (κ1) is 21.1. The Morgan fingerprint density at radius 3 is 2.48 bits per heavy atom. The molecular weight excluding hydrogens is 386 g/mol. The Balaban J connectivity index is 1.88. The Hall–Kier alpha value is -2.64. The largest absolute Gasteiger partial charge is 0.361 e. The highest BCUT2D eigenvalue weighted by atomic mass is 32.2. The van der Waals surface area contributed by atoms with Crippen molar-refractivity contribution in [2.24, 2.45) is 0 Å². The first-order valence-corrected chi connectivity index (χ1v) is 11.2. The minimum absolute atomic E-state index is 0.186. The van der Waals surface area contributed by atoms with Gasteiger partial charge in [0.2, 0.25) is 15.9 Å². The molecule has 0 aliphatic rings. The highest BCUT2D eigenvalue weighted by Gasteiger charge is 2.23. The molecule has 1 amide bonds. The van der Waals surface area contributed by atoms with E-state index in [4.69, 9.17) is 0 Å². The summed E-state index contributed by atoms with van der Waals surface area (Å²) in [5.41, 5.74) is 4.09. The maximum atomic E-state index is 12.9. The van der Waals surface area contributed by atoms with Gasteiger partial charge in [0.25, 0.3) is 0 Å². The van der Waals surface area contributed by atoms with E-state index in [1.165, 1.54) is 4.31 Å². The predicted molar refractivity (Wildman–Crippen MR) is 117 cm³/mol. The van der Waals surface area contributed by atoms with Crippen LogP contribution in [0.15, 0.2) is 47.5 Å². The number of hydrogen-bond donors (Lipinski definition) is 2. The van der Waals surface area contributed by atoms with Crippen LogP contribution in [-0.2, 0) is 21.2 Å². The molecule has 0 atom stereocenters. The summed E-state index contributed by atoms with van der Waals surface area (Å²) in [7, 11) is -3.60. The second-order valence-corrected chi connectivity index (χ2v) is 9.02. The van der Waals surface area contributed by atoms with Crippen LogP contribution in [0.2, 0.25) is 0 Å². The van der Waals surface area contributed by atoms with Crippen molar-refractivity contribution in [3.05, 3.63) is 59.3 Å². The van der Waals surface area contributed by atoms with E-state index in [1.807, 2.05) is 58.2 Å². The third-order valence-corrected chi connectivity index (χ3v) is 7.31. The van der Waals surface area contributed by atoms with Crippen molar-refractivity contribution >= 4 is 32.5 Å². The third kappa shape index (κ3) is 4.21. The highest BCUT2D eigenvalue weighted by Crippen LogP contribution is 2.27. The average molecular weight is 414 g/mol. The minimum atomic E-state index is -3.60. The van der Waals surface area contributed by atoms with E-state index in [9.17, 15) is 13.2 Å². The summed E-state index contributed by atoms with van der Waals surface area (Å²) in [6.45, 7) is 8.15. The molecule has 1 aromatic heterocycles. The first-order valence-electron chi connectivity index (χ1n) is 9.74. The molecule has 0 saturated heterocycles. The lowest BCUT2D eigenvalue weighted by atomic mass is 10.1. The zero-order valence-electron chi connectivity index (χ0n) is 17.2. The standard InChI is InChI=1S/C22H27N3O3S/c1-5-25(6-2)29(27,28)18-11-15(3)16(4)21(13-18)24-22(26)12-17-14-23-20-10-8-7-9-19(17)20/h7-11,13-14,23H,5-6,12H2,1-4H3,(H,24,26). The molecule has 2 N–H and O–H groups in total. The maximum absolute atomic E-state index is 12.9. The van der Waals surface area contributed by atoms with E-state index >= 15 is 0 Å². The summed E-state index contributed by atoms with van der Waals surface area (Å²) in [5, 5.41) is 3.91. The lowest BCUT2D eigenvalue weighted by Crippen LogP contribution is -2.30. The molecule has 154 valence electrons. The fraction of sp³-hybridized carbons (Fsp3) is 0.318. The highest BCUT2D eigenvalue weighted by molar-refractivity contribution is 7.89. The van der Waals surface area contributed by atoms with Crippen molar-refractivity contribution in [3.63, 3.8) is 0 Å². The van der Waals surface area contributed by atoms with E-state index in [1.54, 1.807) is 12.1 Å². The second kappa shape index (κ2) is 8.39. The Bertz CT molecular complexity index is 1150. The van der Waals surface area contributed by atoms with E-state index < -0.39 is 10.0 Å². The monoisotopic (exact) mass is 413 g/mol. The molecule has 0 radical (unpaired) electrons. The van der Waals surface area contributed by atoms with Crippen molar-refractivity contribution < 1.29 is 13.2 Å². The molecule has 0 unspecified atom stereocenters. The molecule has 3 rings (SSSR count). The maximum Gasteiger partial charge on any atom is 0.243 e. The van der Waals surface area contributed by atoms with Crippen LogP contribution in [0.1, 0.15) is 30.5 Å². The van der Waals surface area contributed by atoms with Gasteiger partial charge in [-0.1, -0.05) is 32.0 Å². The Morgan fingerprint density at radius 1 is 1.10 bits per heavy atom. The van der Waals surface area contributed by atoms with Crippen LogP contribution < -0.4 is 5.32 Å². The molecule has 1 heterocycles. The van der Waals surface area contributed by atoms with Crippen LogP contribution in [0.5, 0.6) is 0 Å². The fourth-order valence-corrected chi connectivity index (χ4v) is 5.03. The van der Waals surface area contributed by atoms with Crippen LogP contribution in [-0.4, -0.2) is 36.7 Å².